The highest BCUT2D eigenvalue weighted by Gasteiger charge is 2.34. The van der Waals surface area contributed by atoms with E-state index in [-0.39, 0.29) is 5.41 Å². The van der Waals surface area contributed by atoms with Gasteiger partial charge >= 0.3 is 0 Å². The van der Waals surface area contributed by atoms with Crippen molar-refractivity contribution in [3.05, 3.63) is 70.5 Å². The Bertz CT molecular complexity index is 1110. The van der Waals surface area contributed by atoms with Crippen molar-refractivity contribution in [3.8, 4) is 5.69 Å². The van der Waals surface area contributed by atoms with Crippen LogP contribution in [0.25, 0.3) is 27.5 Å². The smallest absolute Gasteiger partial charge is 0.0582 e. The molecule has 0 N–H and O–H groups in total. The van der Waals surface area contributed by atoms with Gasteiger partial charge in [0, 0.05) is 38.6 Å². The first-order chi connectivity index (χ1) is 11.1. The average molecular weight is 363 g/mol. The molecule has 0 saturated carbocycles. The van der Waals surface area contributed by atoms with Crippen LogP contribution >= 0.6 is 15.9 Å². The highest BCUT2D eigenvalue weighted by molar-refractivity contribution is 9.10. The standard InChI is InChI=1S/C20H15BrN2/c1-20(2)15-5-3-4-13-14-10-12(21)6-7-17(14)23(19(13)15)18-8-9-22-11-16(18)20/h3-11H,1-2H3. The maximum absolute atomic E-state index is 4.39. The fourth-order valence-electron chi connectivity index (χ4n) is 4.00. The quantitative estimate of drug-likeness (QED) is 0.399. The van der Waals surface area contributed by atoms with Gasteiger partial charge in [0.1, 0.15) is 0 Å². The van der Waals surface area contributed by atoms with Crippen molar-refractivity contribution in [2.24, 2.45) is 0 Å². The lowest BCUT2D eigenvalue weighted by Crippen LogP contribution is -2.26. The number of benzene rings is 2. The van der Waals surface area contributed by atoms with Crippen molar-refractivity contribution in [2.45, 2.75) is 19.3 Å². The second kappa shape index (κ2) is 4.24. The van der Waals surface area contributed by atoms with Crippen molar-refractivity contribution in [2.75, 3.05) is 0 Å². The zero-order valence-corrected chi connectivity index (χ0v) is 14.6. The van der Waals surface area contributed by atoms with E-state index in [0.29, 0.717) is 0 Å². The number of pyridine rings is 1. The number of fused-ring (bicyclic) bond motifs is 5. The van der Waals surface area contributed by atoms with E-state index in [1.54, 1.807) is 0 Å². The minimum atomic E-state index is -0.0509. The summed E-state index contributed by atoms with van der Waals surface area (Å²) in [7, 11) is 0. The fourth-order valence-corrected chi connectivity index (χ4v) is 4.37. The lowest BCUT2D eigenvalue weighted by atomic mass is 9.75. The van der Waals surface area contributed by atoms with Gasteiger partial charge in [-0.1, -0.05) is 48.0 Å². The fraction of sp³-hybridized carbons (Fsp3) is 0.150. The highest BCUT2D eigenvalue weighted by atomic mass is 79.9. The van der Waals surface area contributed by atoms with E-state index in [0.717, 1.165) is 4.47 Å². The van der Waals surface area contributed by atoms with E-state index in [1.165, 1.54) is 38.6 Å². The molecular weight excluding hydrogens is 348 g/mol. The maximum atomic E-state index is 4.39. The second-order valence-electron chi connectivity index (χ2n) is 6.72. The third-order valence-corrected chi connectivity index (χ3v) is 5.63. The van der Waals surface area contributed by atoms with Gasteiger partial charge in [-0.25, -0.2) is 0 Å². The molecule has 0 spiro atoms. The van der Waals surface area contributed by atoms with Gasteiger partial charge in [-0.3, -0.25) is 4.98 Å². The Morgan fingerprint density at radius 1 is 1.00 bits per heavy atom. The molecule has 5 rings (SSSR count). The molecule has 2 aromatic heterocycles. The maximum Gasteiger partial charge on any atom is 0.0582 e. The van der Waals surface area contributed by atoms with Crippen LogP contribution in [0.5, 0.6) is 0 Å². The summed E-state index contributed by atoms with van der Waals surface area (Å²) in [6, 6.07) is 15.3. The number of halogens is 1. The summed E-state index contributed by atoms with van der Waals surface area (Å²) in [6.45, 7) is 4.58. The van der Waals surface area contributed by atoms with Gasteiger partial charge in [0.05, 0.1) is 16.7 Å². The topological polar surface area (TPSA) is 17.8 Å². The Kier molecular flexibility index (Phi) is 2.45. The molecule has 3 heterocycles. The van der Waals surface area contributed by atoms with Gasteiger partial charge in [-0.15, -0.1) is 0 Å². The van der Waals surface area contributed by atoms with Crippen molar-refractivity contribution in [3.63, 3.8) is 0 Å². The number of hydrogen-bond donors (Lipinski definition) is 0. The molecule has 0 saturated heterocycles. The second-order valence-corrected chi connectivity index (χ2v) is 7.63. The van der Waals surface area contributed by atoms with Crippen LogP contribution in [0.1, 0.15) is 25.0 Å². The molecule has 1 aliphatic rings. The minimum Gasteiger partial charge on any atom is -0.309 e. The summed E-state index contributed by atoms with van der Waals surface area (Å²) in [6.07, 6.45) is 3.90. The van der Waals surface area contributed by atoms with Crippen LogP contribution in [-0.4, -0.2) is 9.55 Å². The molecule has 3 heteroatoms. The number of para-hydroxylation sites is 1. The van der Waals surface area contributed by atoms with E-state index in [1.807, 2.05) is 12.4 Å². The highest BCUT2D eigenvalue weighted by Crippen LogP contribution is 2.47. The first kappa shape index (κ1) is 13.3. The third-order valence-electron chi connectivity index (χ3n) is 5.13. The van der Waals surface area contributed by atoms with Crippen LogP contribution < -0.4 is 0 Å². The SMILES string of the molecule is CC1(C)c2cnccc2-n2c3ccc(Br)cc3c3cccc1c32. The number of aromatic nitrogens is 2. The molecule has 2 nitrogen and oxygen atoms in total. The van der Waals surface area contributed by atoms with Crippen molar-refractivity contribution in [1.82, 2.24) is 9.55 Å². The molecule has 0 radical (unpaired) electrons. The molecule has 0 fully saturated rings. The van der Waals surface area contributed by atoms with Gasteiger partial charge in [0.2, 0.25) is 0 Å². The van der Waals surface area contributed by atoms with Gasteiger partial charge in [0.15, 0.2) is 0 Å². The Morgan fingerprint density at radius 2 is 1.87 bits per heavy atom. The summed E-state index contributed by atoms with van der Waals surface area (Å²) in [5, 5.41) is 2.60. The molecule has 0 unspecified atom stereocenters. The van der Waals surface area contributed by atoms with Crippen LogP contribution in [0.15, 0.2) is 59.3 Å². The predicted octanol–water partition coefficient (Wildman–Crippen LogP) is 5.58. The minimum absolute atomic E-state index is 0.0509. The van der Waals surface area contributed by atoms with E-state index in [4.69, 9.17) is 0 Å². The summed E-state index contributed by atoms with van der Waals surface area (Å²) >= 11 is 3.62. The van der Waals surface area contributed by atoms with Crippen molar-refractivity contribution >= 4 is 37.7 Å². The van der Waals surface area contributed by atoms with E-state index in [9.17, 15) is 0 Å². The molecular formula is C20H15BrN2. The molecule has 0 atom stereocenters. The van der Waals surface area contributed by atoms with Crippen LogP contribution in [0.4, 0.5) is 0 Å². The lowest BCUT2D eigenvalue weighted by molar-refractivity contribution is 0.626. The van der Waals surface area contributed by atoms with Gasteiger partial charge < -0.3 is 4.57 Å². The monoisotopic (exact) mass is 362 g/mol. The molecule has 4 aromatic rings. The van der Waals surface area contributed by atoms with Gasteiger partial charge in [-0.2, -0.15) is 0 Å². The Labute approximate surface area is 142 Å². The number of nitrogens with zero attached hydrogens (tertiary/aromatic N) is 2. The first-order valence-electron chi connectivity index (χ1n) is 7.77. The molecule has 0 aliphatic carbocycles. The summed E-state index contributed by atoms with van der Waals surface area (Å²) in [5.41, 5.74) is 6.40. The Hall–Kier alpha value is -2.13. The molecule has 0 amide bonds. The molecule has 23 heavy (non-hydrogen) atoms. The van der Waals surface area contributed by atoms with E-state index in [2.05, 4.69) is 81.8 Å². The lowest BCUT2D eigenvalue weighted by Gasteiger charge is -2.34. The van der Waals surface area contributed by atoms with Crippen LogP contribution in [0.2, 0.25) is 0 Å². The Balaban J connectivity index is 2.13. The van der Waals surface area contributed by atoms with Gasteiger partial charge in [-0.05, 0) is 29.8 Å². The van der Waals surface area contributed by atoms with Crippen LogP contribution in [0.3, 0.4) is 0 Å². The molecule has 1 aliphatic heterocycles. The molecule has 112 valence electrons. The summed E-state index contributed by atoms with van der Waals surface area (Å²) in [5.74, 6) is 0. The zero-order chi connectivity index (χ0) is 15.8. The largest absolute Gasteiger partial charge is 0.309 e. The zero-order valence-electron chi connectivity index (χ0n) is 13.0. The van der Waals surface area contributed by atoms with E-state index >= 15 is 0 Å². The predicted molar refractivity (Wildman–Crippen MR) is 98.4 cm³/mol. The molecule has 2 aromatic carbocycles. The number of hydrogen-bond acceptors (Lipinski definition) is 1. The van der Waals surface area contributed by atoms with Crippen molar-refractivity contribution in [1.29, 1.82) is 0 Å². The summed E-state index contributed by atoms with van der Waals surface area (Å²) in [4.78, 5) is 4.39. The normalized spacial score (nSPS) is 15.1. The number of rotatable bonds is 0. The first-order valence-corrected chi connectivity index (χ1v) is 8.56. The van der Waals surface area contributed by atoms with Crippen molar-refractivity contribution < 1.29 is 0 Å². The van der Waals surface area contributed by atoms with Crippen LogP contribution in [0, 0.1) is 0 Å². The van der Waals surface area contributed by atoms with Crippen LogP contribution in [-0.2, 0) is 5.41 Å². The van der Waals surface area contributed by atoms with Gasteiger partial charge in [0.25, 0.3) is 0 Å². The molecule has 0 bridgehead atoms. The summed E-state index contributed by atoms with van der Waals surface area (Å²) < 4.78 is 3.51. The Morgan fingerprint density at radius 3 is 2.74 bits per heavy atom. The third kappa shape index (κ3) is 1.56. The average Bonchev–Trinajstić information content (AvgIpc) is 2.88. The van der Waals surface area contributed by atoms with E-state index < -0.39 is 0 Å².